The molecule has 0 bridgehead atoms. The van der Waals surface area contributed by atoms with Gasteiger partial charge in [-0.25, -0.2) is 19.5 Å². The number of aromatic nitrogens is 11. The molecule has 1 atom stereocenters. The number of aryl methyl sites for hydroxylation is 3. The Morgan fingerprint density at radius 1 is 0.950 bits per heavy atom. The van der Waals surface area contributed by atoms with Gasteiger partial charge < -0.3 is 4.74 Å². The highest BCUT2D eigenvalue weighted by Gasteiger charge is 2.37. The second-order valence-electron chi connectivity index (χ2n) is 10.1. The number of benzene rings is 1. The molecule has 196 valence electrons. The molecule has 0 saturated carbocycles. The van der Waals surface area contributed by atoms with Crippen LogP contribution in [0.1, 0.15) is 34.0 Å². The lowest BCUT2D eigenvalue weighted by atomic mass is 9.86. The van der Waals surface area contributed by atoms with Gasteiger partial charge >= 0.3 is 0 Å². The minimum absolute atomic E-state index is 0.234. The molecule has 0 unspecified atom stereocenters. The molecule has 12 heteroatoms. The van der Waals surface area contributed by atoms with Crippen molar-refractivity contribution in [1.29, 1.82) is 0 Å². The van der Waals surface area contributed by atoms with Gasteiger partial charge in [-0.2, -0.15) is 10.2 Å². The molecule has 1 N–H and O–H groups in total. The number of nitrogens with one attached hydrogen (secondary N) is 1. The minimum Gasteiger partial charge on any atom is -0.418 e. The summed E-state index contributed by atoms with van der Waals surface area (Å²) in [6.45, 7) is 4.02. The van der Waals surface area contributed by atoms with Gasteiger partial charge in [0.1, 0.15) is 6.33 Å². The van der Waals surface area contributed by atoms with Crippen LogP contribution in [-0.2, 0) is 14.1 Å². The third-order valence-corrected chi connectivity index (χ3v) is 7.64. The van der Waals surface area contributed by atoms with Crippen LogP contribution < -0.4 is 4.74 Å². The third-order valence-electron chi connectivity index (χ3n) is 7.64. The molecule has 8 rings (SSSR count). The Kier molecular flexibility index (Phi) is 4.55. The Labute approximate surface area is 227 Å². The van der Waals surface area contributed by atoms with E-state index >= 15 is 0 Å². The summed E-state index contributed by atoms with van der Waals surface area (Å²) in [7, 11) is 3.82. The summed E-state index contributed by atoms with van der Waals surface area (Å²) in [5.41, 5.74) is 8.82. The predicted octanol–water partition coefficient (Wildman–Crippen LogP) is 4.10. The van der Waals surface area contributed by atoms with Crippen molar-refractivity contribution in [2.24, 2.45) is 14.1 Å². The zero-order chi connectivity index (χ0) is 27.1. The maximum absolute atomic E-state index is 6.16. The fourth-order valence-corrected chi connectivity index (χ4v) is 5.55. The maximum Gasteiger partial charge on any atom is 0.244 e. The lowest BCUT2D eigenvalue weighted by Crippen LogP contribution is -2.14. The normalized spacial score (nSPS) is 14.4. The van der Waals surface area contributed by atoms with E-state index in [2.05, 4.69) is 25.4 Å². The highest BCUT2D eigenvalue weighted by Crippen LogP contribution is 2.48. The number of aromatic amines is 1. The molecule has 7 aromatic rings. The lowest BCUT2D eigenvalue weighted by molar-refractivity contribution is 0.416. The average Bonchev–Trinajstić information content (AvgIpc) is 3.75. The number of rotatable bonds is 3. The van der Waals surface area contributed by atoms with Crippen molar-refractivity contribution in [3.8, 4) is 34.4 Å². The molecule has 0 aliphatic carbocycles. The minimum atomic E-state index is -0.234. The second-order valence-corrected chi connectivity index (χ2v) is 10.1. The molecule has 1 aromatic carbocycles. The largest absolute Gasteiger partial charge is 0.418 e. The van der Waals surface area contributed by atoms with E-state index in [0.29, 0.717) is 23.2 Å². The number of pyridine rings is 1. The van der Waals surface area contributed by atoms with Crippen LogP contribution in [0.25, 0.3) is 39.2 Å². The van der Waals surface area contributed by atoms with Crippen molar-refractivity contribution >= 4 is 16.6 Å². The summed E-state index contributed by atoms with van der Waals surface area (Å²) in [4.78, 5) is 14.7. The summed E-state index contributed by atoms with van der Waals surface area (Å²) in [5.74, 6) is 1.29. The van der Waals surface area contributed by atoms with Gasteiger partial charge in [0.25, 0.3) is 0 Å². The Balaban J connectivity index is 1.38. The smallest absolute Gasteiger partial charge is 0.244 e. The van der Waals surface area contributed by atoms with E-state index in [1.807, 2.05) is 81.5 Å². The summed E-state index contributed by atoms with van der Waals surface area (Å²) in [6.07, 6.45) is 7.32. The van der Waals surface area contributed by atoms with E-state index in [-0.39, 0.29) is 5.92 Å². The molecule has 0 spiro atoms. The molecular weight excluding hydrogens is 506 g/mol. The fourth-order valence-electron chi connectivity index (χ4n) is 5.55. The lowest BCUT2D eigenvalue weighted by Gasteiger charge is -2.24. The highest BCUT2D eigenvalue weighted by molar-refractivity contribution is 5.95. The molecule has 0 saturated heterocycles. The van der Waals surface area contributed by atoms with Crippen LogP contribution in [0.3, 0.4) is 0 Å². The average molecular weight is 530 g/mol. The quantitative estimate of drug-likeness (QED) is 0.362. The molecule has 12 nitrogen and oxygen atoms in total. The summed E-state index contributed by atoms with van der Waals surface area (Å²) in [6, 6.07) is 10.1. The van der Waals surface area contributed by atoms with Gasteiger partial charge in [-0.05, 0) is 26.0 Å². The first-order chi connectivity index (χ1) is 19.5. The summed E-state index contributed by atoms with van der Waals surface area (Å²) in [5, 5.41) is 22.2. The number of hydrogen-bond acceptors (Lipinski definition) is 8. The molecule has 1 aliphatic heterocycles. The first-order valence-electron chi connectivity index (χ1n) is 12.8. The molecule has 1 aliphatic rings. The molecule has 6 aromatic heterocycles. The van der Waals surface area contributed by atoms with Crippen LogP contribution in [0.4, 0.5) is 0 Å². The van der Waals surface area contributed by atoms with Gasteiger partial charge in [-0.1, -0.05) is 18.2 Å². The molecule has 0 fully saturated rings. The number of fused-ring (bicyclic) bond motifs is 5. The van der Waals surface area contributed by atoms with E-state index < -0.39 is 0 Å². The standard InChI is InChI=1S/C28H23N11O/c1-14-22-23(16-10-30-37(3)12-16)24-26-33-25(36-39(26)13-29-27(24)40-28(22)35-34-14)18-9-21(19-11-31-38(4)15(19)2)32-20-8-6-5-7-17(18)20/h5-13,23H,1-4H3,(H,34,35)/t23-/m0/s1. The molecule has 40 heavy (non-hydrogen) atoms. The first-order valence-corrected chi connectivity index (χ1v) is 12.8. The van der Waals surface area contributed by atoms with Crippen LogP contribution in [-0.4, -0.2) is 54.3 Å². The van der Waals surface area contributed by atoms with Crippen LogP contribution >= 0.6 is 0 Å². The van der Waals surface area contributed by atoms with E-state index in [4.69, 9.17) is 19.8 Å². The summed E-state index contributed by atoms with van der Waals surface area (Å²) < 4.78 is 11.5. The first kappa shape index (κ1) is 22.6. The molecular formula is C28H23N11O. The van der Waals surface area contributed by atoms with Crippen molar-refractivity contribution in [2.45, 2.75) is 19.8 Å². The van der Waals surface area contributed by atoms with Crippen molar-refractivity contribution in [3.05, 3.63) is 83.3 Å². The van der Waals surface area contributed by atoms with E-state index in [1.54, 1.807) is 15.5 Å². The Morgan fingerprint density at radius 2 is 1.82 bits per heavy atom. The van der Waals surface area contributed by atoms with E-state index in [1.165, 1.54) is 0 Å². The van der Waals surface area contributed by atoms with Crippen LogP contribution in [0, 0.1) is 13.8 Å². The number of para-hydroxylation sites is 1. The van der Waals surface area contributed by atoms with Gasteiger partial charge in [0.2, 0.25) is 11.8 Å². The van der Waals surface area contributed by atoms with Gasteiger partial charge in [0.15, 0.2) is 11.5 Å². The van der Waals surface area contributed by atoms with Gasteiger partial charge in [0, 0.05) is 59.3 Å². The SMILES string of the molecule is Cc1[nH]nc2c1[C@H](c1cnn(C)c1)c1c(ncn3nc(-c4cc(-c5cnn(C)c5C)nc5ccccc45)nc13)O2. The zero-order valence-electron chi connectivity index (χ0n) is 22.2. The Bertz CT molecular complexity index is 2110. The van der Waals surface area contributed by atoms with Gasteiger partial charge in [0.05, 0.1) is 35.1 Å². The number of ether oxygens (including phenoxy) is 1. The maximum atomic E-state index is 6.16. The van der Waals surface area contributed by atoms with E-state index in [9.17, 15) is 0 Å². The van der Waals surface area contributed by atoms with Crippen molar-refractivity contribution in [3.63, 3.8) is 0 Å². The fraction of sp³-hybridized carbons (Fsp3) is 0.179. The molecule has 0 radical (unpaired) electrons. The van der Waals surface area contributed by atoms with Crippen molar-refractivity contribution in [2.75, 3.05) is 0 Å². The zero-order valence-corrected chi connectivity index (χ0v) is 22.2. The third kappa shape index (κ3) is 3.16. The summed E-state index contributed by atoms with van der Waals surface area (Å²) >= 11 is 0. The molecule has 0 amide bonds. The van der Waals surface area contributed by atoms with Crippen molar-refractivity contribution < 1.29 is 4.74 Å². The number of hydrogen-bond donors (Lipinski definition) is 1. The second kappa shape index (κ2) is 8.06. The van der Waals surface area contributed by atoms with Crippen LogP contribution in [0.5, 0.6) is 11.8 Å². The highest BCUT2D eigenvalue weighted by atomic mass is 16.5. The number of H-pyrrole nitrogens is 1. The predicted molar refractivity (Wildman–Crippen MR) is 146 cm³/mol. The van der Waals surface area contributed by atoms with Gasteiger partial charge in [-0.3, -0.25) is 14.5 Å². The topological polar surface area (TPSA) is 130 Å². The Morgan fingerprint density at radius 3 is 2.62 bits per heavy atom. The van der Waals surface area contributed by atoms with Crippen molar-refractivity contribution in [1.82, 2.24) is 54.3 Å². The van der Waals surface area contributed by atoms with Gasteiger partial charge in [-0.15, -0.1) is 10.2 Å². The number of nitrogens with zero attached hydrogens (tertiary/aromatic N) is 10. The van der Waals surface area contributed by atoms with Crippen LogP contribution in [0.15, 0.2) is 55.2 Å². The monoisotopic (exact) mass is 529 g/mol. The van der Waals surface area contributed by atoms with Crippen LogP contribution in [0.2, 0.25) is 0 Å². The molecule has 7 heterocycles. The van der Waals surface area contributed by atoms with E-state index in [0.717, 1.165) is 55.8 Å². The Hall–Kier alpha value is -5.39.